The van der Waals surface area contributed by atoms with Gasteiger partial charge in [-0.15, -0.1) is 0 Å². The first kappa shape index (κ1) is 13.0. The number of halogens is 1. The molecule has 0 aliphatic carbocycles. The normalized spacial score (nSPS) is 18.4. The van der Waals surface area contributed by atoms with Gasteiger partial charge < -0.3 is 15.8 Å². The van der Waals surface area contributed by atoms with Gasteiger partial charge in [-0.1, -0.05) is 0 Å². The van der Waals surface area contributed by atoms with Crippen LogP contribution in [0.25, 0.3) is 0 Å². The Morgan fingerprint density at radius 1 is 1.39 bits per heavy atom. The van der Waals surface area contributed by atoms with Crippen molar-refractivity contribution in [3.8, 4) is 0 Å². The van der Waals surface area contributed by atoms with Crippen molar-refractivity contribution in [1.29, 1.82) is 0 Å². The van der Waals surface area contributed by atoms with Crippen molar-refractivity contribution in [2.45, 2.75) is 25.3 Å². The van der Waals surface area contributed by atoms with Crippen LogP contribution in [0.3, 0.4) is 0 Å². The Kier molecular flexibility index (Phi) is 3.63. The third kappa shape index (κ3) is 2.86. The van der Waals surface area contributed by atoms with Gasteiger partial charge in [0.05, 0.1) is 0 Å². The second-order valence-corrected chi connectivity index (χ2v) is 4.74. The lowest BCUT2D eigenvalue weighted by atomic mass is 9.90. The number of rotatable bonds is 2. The zero-order valence-corrected chi connectivity index (χ0v) is 10.3. The van der Waals surface area contributed by atoms with E-state index in [1.165, 1.54) is 12.1 Å². The molecule has 0 atom stereocenters. The number of anilines is 1. The Bertz CT molecular complexity index is 436. The van der Waals surface area contributed by atoms with E-state index in [0.717, 1.165) is 5.56 Å². The Morgan fingerprint density at radius 3 is 2.67 bits per heavy atom. The first-order valence-electron chi connectivity index (χ1n) is 5.95. The standard InChI is InChI=1S/C13H17FN2O2/c1-9-6-10(14)8-11(7-9)16-12(17)13(15)2-4-18-5-3-13/h6-8H,2-5,15H2,1H3,(H,16,17). The van der Waals surface area contributed by atoms with E-state index in [-0.39, 0.29) is 11.7 Å². The van der Waals surface area contributed by atoms with E-state index < -0.39 is 5.54 Å². The minimum absolute atomic E-state index is 0.282. The molecule has 1 aliphatic heterocycles. The van der Waals surface area contributed by atoms with Gasteiger partial charge in [0, 0.05) is 18.9 Å². The topological polar surface area (TPSA) is 64.4 Å². The number of carbonyl (C=O) groups excluding carboxylic acids is 1. The number of ether oxygens (including phenoxy) is 1. The highest BCUT2D eigenvalue weighted by atomic mass is 19.1. The highest BCUT2D eigenvalue weighted by Crippen LogP contribution is 2.21. The molecular weight excluding hydrogens is 235 g/mol. The summed E-state index contributed by atoms with van der Waals surface area (Å²) in [5.74, 6) is -0.654. The number of benzene rings is 1. The summed E-state index contributed by atoms with van der Waals surface area (Å²) in [5, 5.41) is 2.67. The highest BCUT2D eigenvalue weighted by molar-refractivity contribution is 5.98. The Balaban J connectivity index is 2.10. The average Bonchev–Trinajstić information content (AvgIpc) is 2.28. The maximum absolute atomic E-state index is 13.2. The van der Waals surface area contributed by atoms with Gasteiger partial charge >= 0.3 is 0 Å². The number of aryl methyl sites for hydroxylation is 1. The molecule has 0 bridgehead atoms. The van der Waals surface area contributed by atoms with Crippen LogP contribution in [0, 0.1) is 12.7 Å². The fourth-order valence-electron chi connectivity index (χ4n) is 2.03. The van der Waals surface area contributed by atoms with Crippen LogP contribution in [0.1, 0.15) is 18.4 Å². The van der Waals surface area contributed by atoms with Crippen LogP contribution in [0.4, 0.5) is 10.1 Å². The molecule has 0 spiro atoms. The van der Waals surface area contributed by atoms with Crippen LogP contribution < -0.4 is 11.1 Å². The number of hydrogen-bond acceptors (Lipinski definition) is 3. The van der Waals surface area contributed by atoms with Gasteiger partial charge in [0.15, 0.2) is 0 Å². The molecule has 1 heterocycles. The van der Waals surface area contributed by atoms with Gasteiger partial charge in [-0.3, -0.25) is 4.79 Å². The predicted octanol–water partition coefficient (Wildman–Crippen LogP) is 1.58. The van der Waals surface area contributed by atoms with E-state index in [4.69, 9.17) is 10.5 Å². The van der Waals surface area contributed by atoms with Gasteiger partial charge in [0.25, 0.3) is 0 Å². The molecule has 2 rings (SSSR count). The van der Waals surface area contributed by atoms with E-state index in [2.05, 4.69) is 5.32 Å². The number of nitrogens with one attached hydrogen (secondary N) is 1. The minimum Gasteiger partial charge on any atom is -0.381 e. The first-order valence-corrected chi connectivity index (χ1v) is 5.95. The van der Waals surface area contributed by atoms with Crippen LogP contribution in [0.15, 0.2) is 18.2 Å². The van der Waals surface area contributed by atoms with Crippen LogP contribution >= 0.6 is 0 Å². The summed E-state index contributed by atoms with van der Waals surface area (Å²) in [7, 11) is 0. The lowest BCUT2D eigenvalue weighted by molar-refractivity contribution is -0.124. The molecule has 18 heavy (non-hydrogen) atoms. The van der Waals surface area contributed by atoms with E-state index >= 15 is 0 Å². The molecule has 1 aromatic carbocycles. The highest BCUT2D eigenvalue weighted by Gasteiger charge is 2.35. The minimum atomic E-state index is -0.918. The van der Waals surface area contributed by atoms with Crippen molar-refractivity contribution in [2.24, 2.45) is 5.73 Å². The van der Waals surface area contributed by atoms with Crippen LogP contribution in [-0.2, 0) is 9.53 Å². The molecule has 3 N–H and O–H groups in total. The van der Waals surface area contributed by atoms with Gasteiger partial charge in [0.1, 0.15) is 11.4 Å². The van der Waals surface area contributed by atoms with Crippen LogP contribution in [-0.4, -0.2) is 24.7 Å². The molecule has 0 aromatic heterocycles. The molecule has 1 fully saturated rings. The lowest BCUT2D eigenvalue weighted by Crippen LogP contribution is -2.54. The Labute approximate surface area is 105 Å². The third-order valence-corrected chi connectivity index (χ3v) is 3.14. The maximum atomic E-state index is 13.2. The van der Waals surface area contributed by atoms with E-state index in [0.29, 0.717) is 31.7 Å². The monoisotopic (exact) mass is 252 g/mol. The van der Waals surface area contributed by atoms with Crippen molar-refractivity contribution in [3.63, 3.8) is 0 Å². The zero-order chi connectivity index (χ0) is 13.2. The van der Waals surface area contributed by atoms with Gasteiger partial charge in [-0.05, 0) is 43.5 Å². The molecular formula is C13H17FN2O2. The Hall–Kier alpha value is -1.46. The number of hydrogen-bond donors (Lipinski definition) is 2. The molecule has 1 amide bonds. The van der Waals surface area contributed by atoms with Gasteiger partial charge in [-0.2, -0.15) is 0 Å². The molecule has 98 valence electrons. The number of carbonyl (C=O) groups is 1. The molecule has 0 radical (unpaired) electrons. The second kappa shape index (κ2) is 5.04. The predicted molar refractivity (Wildman–Crippen MR) is 66.7 cm³/mol. The summed E-state index contributed by atoms with van der Waals surface area (Å²) in [6.45, 7) is 2.73. The SMILES string of the molecule is Cc1cc(F)cc(NC(=O)C2(N)CCOCC2)c1. The van der Waals surface area contributed by atoms with Gasteiger partial charge in [-0.25, -0.2) is 4.39 Å². The molecule has 1 aliphatic rings. The van der Waals surface area contributed by atoms with Crippen molar-refractivity contribution < 1.29 is 13.9 Å². The quantitative estimate of drug-likeness (QED) is 0.840. The number of nitrogens with two attached hydrogens (primary N) is 1. The summed E-state index contributed by atoms with van der Waals surface area (Å²) >= 11 is 0. The van der Waals surface area contributed by atoms with E-state index in [1.807, 2.05) is 0 Å². The summed E-state index contributed by atoms with van der Waals surface area (Å²) in [4.78, 5) is 12.1. The van der Waals surface area contributed by atoms with E-state index in [9.17, 15) is 9.18 Å². The second-order valence-electron chi connectivity index (χ2n) is 4.74. The third-order valence-electron chi connectivity index (χ3n) is 3.14. The summed E-state index contributed by atoms with van der Waals surface area (Å²) in [5.41, 5.74) is 6.31. The maximum Gasteiger partial charge on any atom is 0.244 e. The van der Waals surface area contributed by atoms with Crippen molar-refractivity contribution in [2.75, 3.05) is 18.5 Å². The fourth-order valence-corrected chi connectivity index (χ4v) is 2.03. The molecule has 1 saturated heterocycles. The van der Waals surface area contributed by atoms with E-state index in [1.54, 1.807) is 13.0 Å². The van der Waals surface area contributed by atoms with Crippen LogP contribution in [0.2, 0.25) is 0 Å². The summed E-state index contributed by atoms with van der Waals surface area (Å²) < 4.78 is 18.4. The molecule has 1 aromatic rings. The smallest absolute Gasteiger partial charge is 0.244 e. The zero-order valence-electron chi connectivity index (χ0n) is 10.3. The van der Waals surface area contributed by atoms with Gasteiger partial charge in [0.2, 0.25) is 5.91 Å². The first-order chi connectivity index (χ1) is 8.49. The molecule has 4 nitrogen and oxygen atoms in total. The molecule has 0 unspecified atom stereocenters. The summed E-state index contributed by atoms with van der Waals surface area (Å²) in [6.07, 6.45) is 0.959. The van der Waals surface area contributed by atoms with Crippen molar-refractivity contribution in [3.05, 3.63) is 29.6 Å². The fraction of sp³-hybridized carbons (Fsp3) is 0.462. The Morgan fingerprint density at radius 2 is 2.06 bits per heavy atom. The summed E-state index contributed by atoms with van der Waals surface area (Å²) in [6, 6.07) is 4.40. The molecule has 5 heteroatoms. The molecule has 0 saturated carbocycles. The van der Waals surface area contributed by atoms with Crippen LogP contribution in [0.5, 0.6) is 0 Å². The average molecular weight is 252 g/mol. The largest absolute Gasteiger partial charge is 0.381 e. The van der Waals surface area contributed by atoms with Crippen molar-refractivity contribution >= 4 is 11.6 Å². The number of amides is 1. The lowest BCUT2D eigenvalue weighted by Gasteiger charge is -2.31. The van der Waals surface area contributed by atoms with Crippen molar-refractivity contribution in [1.82, 2.24) is 0 Å².